The van der Waals surface area contributed by atoms with Crippen LogP contribution < -0.4 is 5.32 Å². The van der Waals surface area contributed by atoms with Crippen molar-refractivity contribution in [2.75, 3.05) is 18.5 Å². The van der Waals surface area contributed by atoms with Gasteiger partial charge in [0.2, 0.25) is 0 Å². The first-order chi connectivity index (χ1) is 9.93. The Morgan fingerprint density at radius 3 is 2.90 bits per heavy atom. The van der Waals surface area contributed by atoms with Gasteiger partial charge in [0.05, 0.1) is 18.3 Å². The zero-order valence-corrected chi connectivity index (χ0v) is 13.4. The number of rotatable bonds is 2. The fourth-order valence-corrected chi connectivity index (χ4v) is 3.23. The normalized spacial score (nSPS) is 22.2. The number of likely N-dealkylation sites (tertiary alicyclic amines) is 1. The molecule has 2 N–H and O–H groups in total. The summed E-state index contributed by atoms with van der Waals surface area (Å²) in [6.07, 6.45) is 1.98. The van der Waals surface area contributed by atoms with Crippen LogP contribution in [-0.2, 0) is 0 Å². The van der Waals surface area contributed by atoms with Gasteiger partial charge in [0.25, 0.3) is 0 Å². The third-order valence-corrected chi connectivity index (χ3v) is 4.37. The molecule has 2 unspecified atom stereocenters. The van der Waals surface area contributed by atoms with Gasteiger partial charge in [-0.25, -0.2) is 9.78 Å². The third kappa shape index (κ3) is 3.47. The molecule has 1 aliphatic rings. The van der Waals surface area contributed by atoms with Crippen LogP contribution in [-0.4, -0.2) is 40.2 Å². The largest absolute Gasteiger partial charge is 0.394 e. The predicted molar refractivity (Wildman–Crippen MR) is 83.7 cm³/mol. The number of carbonyl (C=O) groups excluding carboxylic acids is 1. The van der Waals surface area contributed by atoms with Crippen molar-refractivity contribution in [3.63, 3.8) is 0 Å². The number of aromatic nitrogens is 1. The summed E-state index contributed by atoms with van der Waals surface area (Å²) in [6.45, 7) is 6.44. The Bertz CT molecular complexity index is 513. The summed E-state index contributed by atoms with van der Waals surface area (Å²) in [4.78, 5) is 18.4. The molecule has 1 aliphatic heterocycles. The van der Waals surface area contributed by atoms with Crippen molar-refractivity contribution in [3.05, 3.63) is 22.5 Å². The van der Waals surface area contributed by atoms with Gasteiger partial charge in [-0.05, 0) is 44.2 Å². The molecular weight excluding hydrogens is 290 g/mol. The topological polar surface area (TPSA) is 65.5 Å². The number of pyridine rings is 1. The van der Waals surface area contributed by atoms with Crippen molar-refractivity contribution in [2.45, 2.75) is 39.7 Å². The lowest BCUT2D eigenvalue weighted by atomic mass is 9.91. The van der Waals surface area contributed by atoms with Crippen LogP contribution in [0.15, 0.2) is 6.07 Å². The number of nitrogens with one attached hydrogen (secondary N) is 1. The summed E-state index contributed by atoms with van der Waals surface area (Å²) < 4.78 is 0. The monoisotopic (exact) mass is 311 g/mol. The SMILES string of the molecule is Cc1cc(C)c(NC(=O)N2CCCC(C)C2CO)c(Cl)n1. The van der Waals surface area contributed by atoms with Gasteiger partial charge in [-0.15, -0.1) is 0 Å². The number of piperidine rings is 1. The first kappa shape index (κ1) is 16.0. The van der Waals surface area contributed by atoms with E-state index in [4.69, 9.17) is 11.6 Å². The van der Waals surface area contributed by atoms with Crippen molar-refractivity contribution >= 4 is 23.3 Å². The number of aryl methyl sites for hydroxylation is 2. The molecule has 2 heterocycles. The van der Waals surface area contributed by atoms with E-state index >= 15 is 0 Å². The average Bonchev–Trinajstić information content (AvgIpc) is 2.42. The van der Waals surface area contributed by atoms with Crippen LogP contribution >= 0.6 is 11.6 Å². The van der Waals surface area contributed by atoms with Gasteiger partial charge >= 0.3 is 6.03 Å². The summed E-state index contributed by atoms with van der Waals surface area (Å²) in [7, 11) is 0. The van der Waals surface area contributed by atoms with E-state index in [2.05, 4.69) is 17.2 Å². The summed E-state index contributed by atoms with van der Waals surface area (Å²) in [5, 5.41) is 12.7. The number of halogens is 1. The Labute approximate surface area is 130 Å². The quantitative estimate of drug-likeness (QED) is 0.825. The van der Waals surface area contributed by atoms with Crippen LogP contribution in [0.2, 0.25) is 5.15 Å². The number of anilines is 1. The number of carbonyl (C=O) groups is 1. The average molecular weight is 312 g/mol. The third-order valence-electron chi connectivity index (χ3n) is 4.10. The molecule has 1 saturated heterocycles. The maximum absolute atomic E-state index is 12.5. The fraction of sp³-hybridized carbons (Fsp3) is 0.600. The Morgan fingerprint density at radius 1 is 1.57 bits per heavy atom. The number of hydrogen-bond donors (Lipinski definition) is 2. The first-order valence-electron chi connectivity index (χ1n) is 7.26. The van der Waals surface area contributed by atoms with E-state index in [9.17, 15) is 9.90 Å². The minimum Gasteiger partial charge on any atom is -0.394 e. The van der Waals surface area contributed by atoms with Crippen molar-refractivity contribution in [1.82, 2.24) is 9.88 Å². The summed E-state index contributed by atoms with van der Waals surface area (Å²) in [5.74, 6) is 0.294. The van der Waals surface area contributed by atoms with Crippen molar-refractivity contribution in [1.29, 1.82) is 0 Å². The maximum Gasteiger partial charge on any atom is 0.322 e. The molecule has 1 aromatic heterocycles. The van der Waals surface area contributed by atoms with Gasteiger partial charge in [0.15, 0.2) is 5.15 Å². The highest BCUT2D eigenvalue weighted by Crippen LogP contribution is 2.27. The Balaban J connectivity index is 2.18. The van der Waals surface area contributed by atoms with Crippen molar-refractivity contribution < 1.29 is 9.90 Å². The molecule has 0 saturated carbocycles. The van der Waals surface area contributed by atoms with Crippen molar-refractivity contribution in [3.8, 4) is 0 Å². The molecule has 1 fully saturated rings. The molecule has 1 aromatic rings. The van der Waals surface area contributed by atoms with Gasteiger partial charge in [0, 0.05) is 12.2 Å². The Morgan fingerprint density at radius 2 is 2.29 bits per heavy atom. The Hall–Kier alpha value is -1.33. The molecular formula is C15H22ClN3O2. The lowest BCUT2D eigenvalue weighted by molar-refractivity contribution is 0.0811. The number of amides is 2. The van der Waals surface area contributed by atoms with E-state index in [1.807, 2.05) is 19.9 Å². The molecule has 0 aromatic carbocycles. The molecule has 2 atom stereocenters. The van der Waals surface area contributed by atoms with Crippen LogP contribution in [0.1, 0.15) is 31.0 Å². The molecule has 0 radical (unpaired) electrons. The molecule has 116 valence electrons. The number of urea groups is 1. The van der Waals surface area contributed by atoms with E-state index in [1.54, 1.807) is 4.90 Å². The molecule has 0 spiro atoms. The smallest absolute Gasteiger partial charge is 0.322 e. The lowest BCUT2D eigenvalue weighted by Gasteiger charge is -2.39. The van der Waals surface area contributed by atoms with E-state index in [0.717, 1.165) is 24.1 Å². The predicted octanol–water partition coefficient (Wildman–Crippen LogP) is 2.98. The molecule has 0 bridgehead atoms. The minimum absolute atomic E-state index is 0.0204. The van der Waals surface area contributed by atoms with Gasteiger partial charge in [-0.3, -0.25) is 0 Å². The van der Waals surface area contributed by atoms with Gasteiger partial charge in [0.1, 0.15) is 0 Å². The number of hydrogen-bond acceptors (Lipinski definition) is 3. The minimum atomic E-state index is -0.226. The second-order valence-corrected chi connectivity index (χ2v) is 6.10. The van der Waals surface area contributed by atoms with Crippen LogP contribution in [0.5, 0.6) is 0 Å². The van der Waals surface area contributed by atoms with Crippen LogP contribution in [0.4, 0.5) is 10.5 Å². The van der Waals surface area contributed by atoms with Crippen LogP contribution in [0.25, 0.3) is 0 Å². The molecule has 5 nitrogen and oxygen atoms in total. The van der Waals surface area contributed by atoms with E-state index in [-0.39, 0.29) is 18.7 Å². The van der Waals surface area contributed by atoms with Crippen LogP contribution in [0, 0.1) is 19.8 Å². The standard InChI is InChI=1S/C15H22ClN3O2/c1-9-5-4-6-19(12(9)8-20)15(21)18-13-10(2)7-11(3)17-14(13)16/h7,9,12,20H,4-6,8H2,1-3H3,(H,18,21). The molecule has 2 amide bonds. The molecule has 6 heteroatoms. The second kappa shape index (κ2) is 6.62. The Kier molecular flexibility index (Phi) is 5.06. The summed E-state index contributed by atoms with van der Waals surface area (Å²) in [5.41, 5.74) is 2.24. The molecule has 2 rings (SSSR count). The maximum atomic E-state index is 12.5. The van der Waals surface area contributed by atoms with Crippen molar-refractivity contribution in [2.24, 2.45) is 5.92 Å². The van der Waals surface area contributed by atoms with E-state index in [0.29, 0.717) is 23.3 Å². The second-order valence-electron chi connectivity index (χ2n) is 5.74. The zero-order chi connectivity index (χ0) is 15.6. The highest BCUT2D eigenvalue weighted by molar-refractivity contribution is 6.32. The molecule has 0 aliphatic carbocycles. The van der Waals surface area contributed by atoms with E-state index in [1.165, 1.54) is 0 Å². The molecule has 21 heavy (non-hydrogen) atoms. The first-order valence-corrected chi connectivity index (χ1v) is 7.64. The van der Waals surface area contributed by atoms with Gasteiger partial charge in [-0.1, -0.05) is 18.5 Å². The fourth-order valence-electron chi connectivity index (χ4n) is 2.90. The summed E-state index contributed by atoms with van der Waals surface area (Å²) in [6, 6.07) is 1.51. The number of nitrogens with zero attached hydrogens (tertiary/aromatic N) is 2. The van der Waals surface area contributed by atoms with Crippen LogP contribution in [0.3, 0.4) is 0 Å². The van der Waals surface area contributed by atoms with Gasteiger partial charge in [-0.2, -0.15) is 0 Å². The van der Waals surface area contributed by atoms with E-state index < -0.39 is 0 Å². The lowest BCUT2D eigenvalue weighted by Crippen LogP contribution is -2.51. The number of aliphatic hydroxyl groups is 1. The highest BCUT2D eigenvalue weighted by Gasteiger charge is 2.31. The zero-order valence-electron chi connectivity index (χ0n) is 12.7. The van der Waals surface area contributed by atoms with Gasteiger partial charge < -0.3 is 15.3 Å². The number of aliphatic hydroxyl groups excluding tert-OH is 1. The summed E-state index contributed by atoms with van der Waals surface area (Å²) >= 11 is 6.12. The highest BCUT2D eigenvalue weighted by atomic mass is 35.5.